The highest BCUT2D eigenvalue weighted by Gasteiger charge is 2.12. The molecule has 0 spiro atoms. The Morgan fingerprint density at radius 1 is 0.950 bits per heavy atom. The molecular formula is C13H8Cl2N4O. The smallest absolute Gasteiger partial charge is 0.259 e. The van der Waals surface area contributed by atoms with Gasteiger partial charge in [-0.05, 0) is 24.3 Å². The number of nitrogens with two attached hydrogens (primary N) is 1. The van der Waals surface area contributed by atoms with Crippen molar-refractivity contribution >= 4 is 28.9 Å². The van der Waals surface area contributed by atoms with Crippen molar-refractivity contribution in [3.05, 3.63) is 46.7 Å². The van der Waals surface area contributed by atoms with Crippen LogP contribution >= 0.6 is 23.2 Å². The number of halogens is 2. The SMILES string of the molecule is Nc1cncc(-c2nc(-c3cc(Cl)cc(Cl)c3)no2)c1. The zero-order valence-electron chi connectivity index (χ0n) is 10.0. The molecule has 2 aromatic heterocycles. The first-order valence-electron chi connectivity index (χ1n) is 5.63. The van der Waals surface area contributed by atoms with Crippen LogP contribution in [0.15, 0.2) is 41.2 Å². The van der Waals surface area contributed by atoms with Gasteiger partial charge in [-0.25, -0.2) is 0 Å². The second kappa shape index (κ2) is 5.11. The summed E-state index contributed by atoms with van der Waals surface area (Å²) in [6.45, 7) is 0. The molecule has 0 bridgehead atoms. The Balaban J connectivity index is 2.02. The average Bonchev–Trinajstić information content (AvgIpc) is 2.87. The predicted octanol–water partition coefficient (Wildman–Crippen LogP) is 3.69. The van der Waals surface area contributed by atoms with Gasteiger partial charge in [-0.1, -0.05) is 28.4 Å². The van der Waals surface area contributed by atoms with Crippen molar-refractivity contribution in [1.82, 2.24) is 15.1 Å². The summed E-state index contributed by atoms with van der Waals surface area (Å²) in [7, 11) is 0. The summed E-state index contributed by atoms with van der Waals surface area (Å²) in [6, 6.07) is 6.75. The quantitative estimate of drug-likeness (QED) is 0.781. The van der Waals surface area contributed by atoms with E-state index in [9.17, 15) is 0 Å². The number of nitrogen functional groups attached to an aromatic ring is 1. The van der Waals surface area contributed by atoms with E-state index >= 15 is 0 Å². The first-order valence-corrected chi connectivity index (χ1v) is 6.38. The van der Waals surface area contributed by atoms with Gasteiger partial charge in [-0.15, -0.1) is 0 Å². The molecule has 0 radical (unpaired) electrons. The Kier molecular flexibility index (Phi) is 3.30. The van der Waals surface area contributed by atoms with E-state index in [0.717, 1.165) is 0 Å². The maximum Gasteiger partial charge on any atom is 0.259 e. The number of nitrogens with zero attached hydrogens (tertiary/aromatic N) is 3. The van der Waals surface area contributed by atoms with E-state index in [2.05, 4.69) is 15.1 Å². The third kappa shape index (κ3) is 2.59. The summed E-state index contributed by atoms with van der Waals surface area (Å²) in [6.07, 6.45) is 3.14. The molecule has 2 heterocycles. The highest BCUT2D eigenvalue weighted by atomic mass is 35.5. The van der Waals surface area contributed by atoms with Crippen LogP contribution in [0, 0.1) is 0 Å². The van der Waals surface area contributed by atoms with Gasteiger partial charge in [0.2, 0.25) is 5.82 Å². The molecule has 3 aromatic rings. The van der Waals surface area contributed by atoms with E-state index in [1.54, 1.807) is 30.5 Å². The van der Waals surface area contributed by atoms with Crippen LogP contribution in [0.4, 0.5) is 5.69 Å². The first-order chi connectivity index (χ1) is 9.61. The summed E-state index contributed by atoms with van der Waals surface area (Å²) >= 11 is 11.9. The molecule has 2 N–H and O–H groups in total. The summed E-state index contributed by atoms with van der Waals surface area (Å²) in [4.78, 5) is 8.26. The van der Waals surface area contributed by atoms with Crippen LogP contribution in [-0.4, -0.2) is 15.1 Å². The fourth-order valence-electron chi connectivity index (χ4n) is 1.72. The molecule has 0 saturated heterocycles. The van der Waals surface area contributed by atoms with Crippen LogP contribution in [0.3, 0.4) is 0 Å². The van der Waals surface area contributed by atoms with E-state index in [0.29, 0.717) is 38.6 Å². The van der Waals surface area contributed by atoms with Crippen molar-refractivity contribution in [3.8, 4) is 22.8 Å². The van der Waals surface area contributed by atoms with Gasteiger partial charge in [0.15, 0.2) is 0 Å². The van der Waals surface area contributed by atoms with Crippen molar-refractivity contribution in [3.63, 3.8) is 0 Å². The van der Waals surface area contributed by atoms with Gasteiger partial charge in [0.25, 0.3) is 5.89 Å². The molecule has 0 aliphatic heterocycles. The standard InChI is InChI=1S/C13H8Cl2N4O/c14-9-1-7(2-10(15)4-9)12-18-13(20-19-12)8-3-11(16)6-17-5-8/h1-6H,16H2. The van der Waals surface area contributed by atoms with Gasteiger partial charge in [0.05, 0.1) is 11.3 Å². The molecule has 7 heteroatoms. The Morgan fingerprint density at radius 3 is 2.40 bits per heavy atom. The summed E-state index contributed by atoms with van der Waals surface area (Å²) in [5.74, 6) is 0.725. The van der Waals surface area contributed by atoms with Crippen molar-refractivity contribution in [1.29, 1.82) is 0 Å². The average molecular weight is 307 g/mol. The lowest BCUT2D eigenvalue weighted by molar-refractivity contribution is 0.432. The van der Waals surface area contributed by atoms with Gasteiger partial charge in [-0.2, -0.15) is 4.98 Å². The normalized spacial score (nSPS) is 10.7. The molecule has 0 unspecified atom stereocenters. The molecule has 3 rings (SSSR count). The van der Waals surface area contributed by atoms with Gasteiger partial charge in [-0.3, -0.25) is 4.98 Å². The third-order valence-electron chi connectivity index (χ3n) is 2.55. The zero-order valence-corrected chi connectivity index (χ0v) is 11.6. The van der Waals surface area contributed by atoms with E-state index in [-0.39, 0.29) is 0 Å². The van der Waals surface area contributed by atoms with E-state index in [4.69, 9.17) is 33.5 Å². The van der Waals surface area contributed by atoms with Gasteiger partial charge in [0.1, 0.15) is 0 Å². The highest BCUT2D eigenvalue weighted by molar-refractivity contribution is 6.35. The molecule has 0 atom stereocenters. The predicted molar refractivity (Wildman–Crippen MR) is 77.4 cm³/mol. The second-order valence-corrected chi connectivity index (χ2v) is 4.96. The Bertz CT molecular complexity index is 752. The fourth-order valence-corrected chi connectivity index (χ4v) is 2.24. The fraction of sp³-hybridized carbons (Fsp3) is 0. The largest absolute Gasteiger partial charge is 0.397 e. The number of aromatic nitrogens is 3. The van der Waals surface area contributed by atoms with E-state index in [1.807, 2.05) is 0 Å². The number of pyridine rings is 1. The highest BCUT2D eigenvalue weighted by Crippen LogP contribution is 2.27. The molecule has 100 valence electrons. The van der Waals surface area contributed by atoms with Crippen LogP contribution in [-0.2, 0) is 0 Å². The molecule has 0 aliphatic rings. The molecule has 1 aromatic carbocycles. The molecule has 0 amide bonds. The molecule has 0 aliphatic carbocycles. The summed E-state index contributed by atoms with van der Waals surface area (Å²) < 4.78 is 5.20. The Labute approximate surface area is 124 Å². The minimum Gasteiger partial charge on any atom is -0.397 e. The molecule has 5 nitrogen and oxygen atoms in total. The Hall–Kier alpha value is -2.11. The molecule has 0 fully saturated rings. The lowest BCUT2D eigenvalue weighted by Gasteiger charge is -1.97. The molecular weight excluding hydrogens is 299 g/mol. The zero-order chi connectivity index (χ0) is 14.1. The molecule has 20 heavy (non-hydrogen) atoms. The van der Waals surface area contributed by atoms with Gasteiger partial charge < -0.3 is 10.3 Å². The van der Waals surface area contributed by atoms with Crippen LogP contribution in [0.2, 0.25) is 10.0 Å². The Morgan fingerprint density at radius 2 is 1.70 bits per heavy atom. The number of anilines is 1. The molecule has 0 saturated carbocycles. The van der Waals surface area contributed by atoms with Crippen LogP contribution in [0.1, 0.15) is 0 Å². The van der Waals surface area contributed by atoms with Gasteiger partial charge >= 0.3 is 0 Å². The maximum absolute atomic E-state index is 5.95. The van der Waals surface area contributed by atoms with E-state index < -0.39 is 0 Å². The lowest BCUT2D eigenvalue weighted by Crippen LogP contribution is -1.88. The number of rotatable bonds is 2. The maximum atomic E-state index is 5.95. The third-order valence-corrected chi connectivity index (χ3v) is 2.99. The van der Waals surface area contributed by atoms with Crippen molar-refractivity contribution < 1.29 is 4.52 Å². The number of benzene rings is 1. The number of hydrogen-bond donors (Lipinski definition) is 1. The first kappa shape index (κ1) is 12.9. The second-order valence-electron chi connectivity index (χ2n) is 4.09. The summed E-state index contributed by atoms with van der Waals surface area (Å²) in [5, 5.41) is 4.91. The van der Waals surface area contributed by atoms with Crippen LogP contribution in [0.25, 0.3) is 22.8 Å². The van der Waals surface area contributed by atoms with Crippen LogP contribution < -0.4 is 5.73 Å². The van der Waals surface area contributed by atoms with Crippen molar-refractivity contribution in [2.75, 3.05) is 5.73 Å². The summed E-state index contributed by atoms with van der Waals surface area (Å²) in [5.41, 5.74) is 7.51. The number of hydrogen-bond acceptors (Lipinski definition) is 5. The van der Waals surface area contributed by atoms with Crippen molar-refractivity contribution in [2.24, 2.45) is 0 Å². The van der Waals surface area contributed by atoms with Gasteiger partial charge in [0, 0.05) is 28.0 Å². The lowest BCUT2D eigenvalue weighted by atomic mass is 10.2. The van der Waals surface area contributed by atoms with Crippen LogP contribution in [0.5, 0.6) is 0 Å². The van der Waals surface area contributed by atoms with Crippen molar-refractivity contribution in [2.45, 2.75) is 0 Å². The minimum absolute atomic E-state index is 0.330. The monoisotopic (exact) mass is 306 g/mol. The minimum atomic E-state index is 0.330. The topological polar surface area (TPSA) is 77.8 Å². The van der Waals surface area contributed by atoms with E-state index in [1.165, 1.54) is 6.20 Å².